The maximum Gasteiger partial charge on any atom is 0.303 e. The summed E-state index contributed by atoms with van der Waals surface area (Å²) in [6, 6.07) is 3.67. The van der Waals surface area contributed by atoms with Crippen LogP contribution in [-0.4, -0.2) is 11.1 Å². The van der Waals surface area contributed by atoms with Gasteiger partial charge in [-0.1, -0.05) is 19.8 Å². The van der Waals surface area contributed by atoms with E-state index in [4.69, 9.17) is 5.11 Å². The van der Waals surface area contributed by atoms with Crippen molar-refractivity contribution in [1.82, 2.24) is 0 Å². The smallest absolute Gasteiger partial charge is 0.303 e. The monoisotopic (exact) mass is 184 g/mol. The van der Waals surface area contributed by atoms with Gasteiger partial charge in [0.05, 0.1) is 12.5 Å². The van der Waals surface area contributed by atoms with Crippen LogP contribution in [0.25, 0.3) is 0 Å². The fourth-order valence-corrected chi connectivity index (χ4v) is 0.753. The number of carboxylic acid groups (broad SMARTS) is 1. The predicted molar refractivity (Wildman–Crippen MR) is 50.5 cm³/mol. The fourth-order valence-electron chi connectivity index (χ4n) is 0.753. The molecule has 0 aromatic carbocycles. The van der Waals surface area contributed by atoms with Crippen molar-refractivity contribution in [1.29, 1.82) is 0 Å². The Morgan fingerprint density at radius 2 is 1.92 bits per heavy atom. The van der Waals surface area contributed by atoms with Crippen molar-refractivity contribution in [2.45, 2.75) is 32.6 Å². The van der Waals surface area contributed by atoms with Gasteiger partial charge in [-0.15, -0.1) is 0 Å². The molecule has 13 heavy (non-hydrogen) atoms. The van der Waals surface area contributed by atoms with Crippen molar-refractivity contribution in [2.75, 3.05) is 0 Å². The van der Waals surface area contributed by atoms with Crippen LogP contribution in [0.15, 0.2) is 29.1 Å². The zero-order valence-corrected chi connectivity index (χ0v) is 7.90. The first-order chi connectivity index (χ1) is 6.27. The van der Waals surface area contributed by atoms with Gasteiger partial charge in [0.25, 0.3) is 0 Å². The lowest BCUT2D eigenvalue weighted by atomic mass is 10.2. The molecule has 3 nitrogen and oxygen atoms in total. The summed E-state index contributed by atoms with van der Waals surface area (Å²) >= 11 is 0. The molecule has 0 atom stereocenters. The minimum atomic E-state index is -0.682. The maximum absolute atomic E-state index is 9.87. The molecule has 0 saturated carbocycles. The average molecular weight is 184 g/mol. The second-order valence-corrected chi connectivity index (χ2v) is 2.64. The molecule has 0 amide bonds. The van der Waals surface area contributed by atoms with E-state index in [1.165, 1.54) is 0 Å². The molecular weight excluding hydrogens is 168 g/mol. The van der Waals surface area contributed by atoms with Gasteiger partial charge < -0.3 is 9.52 Å². The maximum atomic E-state index is 9.87. The number of hydrogen-bond donors (Lipinski definition) is 1. The number of rotatable bonds is 4. The molecule has 0 bridgehead atoms. The fraction of sp³-hybridized carbons (Fsp3) is 0.500. The quantitative estimate of drug-likeness (QED) is 0.732. The lowest BCUT2D eigenvalue weighted by molar-refractivity contribution is -0.137. The second-order valence-electron chi connectivity index (χ2n) is 2.64. The highest BCUT2D eigenvalue weighted by molar-refractivity contribution is 5.66. The Morgan fingerprint density at radius 1 is 1.31 bits per heavy atom. The Morgan fingerprint density at radius 3 is 2.23 bits per heavy atom. The summed E-state index contributed by atoms with van der Waals surface area (Å²) in [5.41, 5.74) is 0. The highest BCUT2D eigenvalue weighted by Crippen LogP contribution is 1.97. The zero-order chi connectivity index (χ0) is 9.94. The van der Waals surface area contributed by atoms with E-state index in [1.807, 2.05) is 12.1 Å². The van der Waals surface area contributed by atoms with Crippen LogP contribution in [0.4, 0.5) is 0 Å². The molecule has 0 aliphatic heterocycles. The summed E-state index contributed by atoms with van der Waals surface area (Å²) in [4.78, 5) is 9.87. The van der Waals surface area contributed by atoms with Crippen molar-refractivity contribution < 1.29 is 14.3 Å². The van der Waals surface area contributed by atoms with Gasteiger partial charge in [-0.05, 0) is 18.6 Å². The van der Waals surface area contributed by atoms with Gasteiger partial charge >= 0.3 is 5.97 Å². The van der Waals surface area contributed by atoms with Gasteiger partial charge in [-0.3, -0.25) is 4.79 Å². The molecule has 1 N–H and O–H groups in total. The lowest BCUT2D eigenvalue weighted by Gasteiger charge is -1.89. The van der Waals surface area contributed by atoms with E-state index in [0.717, 1.165) is 19.3 Å². The van der Waals surface area contributed by atoms with E-state index >= 15 is 0 Å². The van der Waals surface area contributed by atoms with Crippen LogP contribution in [0.3, 0.4) is 0 Å². The summed E-state index contributed by atoms with van der Waals surface area (Å²) in [6.07, 6.45) is 6.53. The Kier molecular flexibility index (Phi) is 7.99. The van der Waals surface area contributed by atoms with E-state index < -0.39 is 5.97 Å². The van der Waals surface area contributed by atoms with Gasteiger partial charge in [-0.2, -0.15) is 0 Å². The Bertz CT molecular complexity index is 175. The molecule has 3 heteroatoms. The van der Waals surface area contributed by atoms with Crippen molar-refractivity contribution in [3.8, 4) is 0 Å². The van der Waals surface area contributed by atoms with Gasteiger partial charge in [0.2, 0.25) is 0 Å². The molecule has 0 saturated heterocycles. The molecule has 0 unspecified atom stereocenters. The number of furan rings is 1. The summed E-state index contributed by atoms with van der Waals surface area (Å²) < 4.78 is 4.58. The third-order valence-corrected chi connectivity index (χ3v) is 1.42. The lowest BCUT2D eigenvalue weighted by Crippen LogP contribution is -1.92. The first-order valence-corrected chi connectivity index (χ1v) is 4.46. The van der Waals surface area contributed by atoms with Gasteiger partial charge in [-0.25, -0.2) is 0 Å². The highest BCUT2D eigenvalue weighted by Gasteiger charge is 1.92. The first-order valence-electron chi connectivity index (χ1n) is 4.46. The van der Waals surface area contributed by atoms with Crippen LogP contribution in [0.1, 0.15) is 32.6 Å². The van der Waals surface area contributed by atoms with Crippen LogP contribution in [0.5, 0.6) is 0 Å². The molecular formula is C10H16O3. The summed E-state index contributed by atoms with van der Waals surface area (Å²) in [6.45, 7) is 2.06. The molecule has 0 aliphatic rings. The molecule has 0 fully saturated rings. The van der Waals surface area contributed by atoms with Crippen LogP contribution in [0.2, 0.25) is 0 Å². The van der Waals surface area contributed by atoms with E-state index in [1.54, 1.807) is 12.5 Å². The Balaban J connectivity index is 0.000000243. The average Bonchev–Trinajstić information content (AvgIpc) is 2.61. The topological polar surface area (TPSA) is 50.4 Å². The van der Waals surface area contributed by atoms with Crippen LogP contribution >= 0.6 is 0 Å². The predicted octanol–water partition coefficient (Wildman–Crippen LogP) is 2.93. The third kappa shape index (κ3) is 10.8. The van der Waals surface area contributed by atoms with Gasteiger partial charge in [0, 0.05) is 6.42 Å². The third-order valence-electron chi connectivity index (χ3n) is 1.42. The van der Waals surface area contributed by atoms with Crippen molar-refractivity contribution in [3.05, 3.63) is 24.7 Å². The van der Waals surface area contributed by atoms with E-state index in [9.17, 15) is 4.79 Å². The standard InChI is InChI=1S/C6H12O2.C4H4O/c1-2-3-4-5-6(7)8;1-2-4-5-3-1/h2-5H2,1H3,(H,7,8);1-4H. The SMILES string of the molecule is CCCCCC(=O)O.c1ccoc1. The van der Waals surface area contributed by atoms with Gasteiger partial charge in [0.15, 0.2) is 0 Å². The first kappa shape index (κ1) is 11.8. The van der Waals surface area contributed by atoms with E-state index in [0.29, 0.717) is 6.42 Å². The van der Waals surface area contributed by atoms with Crippen LogP contribution in [0, 0.1) is 0 Å². The largest absolute Gasteiger partial charge is 0.481 e. The molecule has 1 aromatic rings. The molecule has 1 aromatic heterocycles. The Labute approximate surface area is 78.4 Å². The highest BCUT2D eigenvalue weighted by atomic mass is 16.4. The molecule has 0 spiro atoms. The second kappa shape index (κ2) is 8.84. The number of unbranched alkanes of at least 4 members (excludes halogenated alkanes) is 2. The summed E-state index contributed by atoms with van der Waals surface area (Å²) in [7, 11) is 0. The summed E-state index contributed by atoms with van der Waals surface area (Å²) in [5, 5.41) is 8.14. The van der Waals surface area contributed by atoms with Crippen molar-refractivity contribution in [3.63, 3.8) is 0 Å². The number of carboxylic acids is 1. The van der Waals surface area contributed by atoms with Crippen molar-refractivity contribution in [2.24, 2.45) is 0 Å². The molecule has 0 radical (unpaired) electrons. The molecule has 74 valence electrons. The minimum Gasteiger partial charge on any atom is -0.481 e. The summed E-state index contributed by atoms with van der Waals surface area (Å²) in [5.74, 6) is -0.682. The van der Waals surface area contributed by atoms with E-state index in [2.05, 4.69) is 11.3 Å². The number of aliphatic carboxylic acids is 1. The van der Waals surface area contributed by atoms with Gasteiger partial charge in [0.1, 0.15) is 0 Å². The normalized spacial score (nSPS) is 8.69. The zero-order valence-electron chi connectivity index (χ0n) is 7.90. The Hall–Kier alpha value is -1.25. The molecule has 0 aliphatic carbocycles. The molecule has 1 rings (SSSR count). The van der Waals surface area contributed by atoms with Crippen LogP contribution in [-0.2, 0) is 4.79 Å². The number of hydrogen-bond acceptors (Lipinski definition) is 2. The van der Waals surface area contributed by atoms with Crippen molar-refractivity contribution >= 4 is 5.97 Å². The minimum absolute atomic E-state index is 0.327. The molecule has 1 heterocycles. The van der Waals surface area contributed by atoms with E-state index in [-0.39, 0.29) is 0 Å². The van der Waals surface area contributed by atoms with Crippen LogP contribution < -0.4 is 0 Å². The number of carbonyl (C=O) groups is 1.